The molecule has 0 amide bonds. The third kappa shape index (κ3) is 2.72. The summed E-state index contributed by atoms with van der Waals surface area (Å²) in [4.78, 5) is 0. The minimum atomic E-state index is -1.31. The number of hydrogen-bond acceptors (Lipinski definition) is 4. The lowest BCUT2D eigenvalue weighted by atomic mass is 9.81. The minimum absolute atomic E-state index is 0.0621. The number of rotatable bonds is 1. The van der Waals surface area contributed by atoms with E-state index in [2.05, 4.69) is 11.8 Å². The first-order valence-electron chi connectivity index (χ1n) is 6.63. The van der Waals surface area contributed by atoms with Crippen LogP contribution >= 0.6 is 0 Å². The predicted octanol–water partition coefficient (Wildman–Crippen LogP) is 1.31. The number of ether oxygens (including phenoxy) is 2. The van der Waals surface area contributed by atoms with Crippen LogP contribution in [0.25, 0.3) is 0 Å². The molecule has 0 saturated carbocycles. The van der Waals surface area contributed by atoms with Crippen molar-refractivity contribution < 1.29 is 19.7 Å². The molecule has 2 N–H and O–H groups in total. The Kier molecular flexibility index (Phi) is 4.17. The van der Waals surface area contributed by atoms with Gasteiger partial charge in [-0.15, -0.1) is 0 Å². The van der Waals surface area contributed by atoms with Gasteiger partial charge in [-0.05, 0) is 55.7 Å². The maximum Gasteiger partial charge on any atom is 0.208 e. The molecule has 0 radical (unpaired) electrons. The Morgan fingerprint density at radius 1 is 1.30 bits per heavy atom. The highest BCUT2D eigenvalue weighted by Crippen LogP contribution is 2.37. The van der Waals surface area contributed by atoms with Gasteiger partial charge in [0.1, 0.15) is 0 Å². The van der Waals surface area contributed by atoms with Gasteiger partial charge in [0.15, 0.2) is 5.60 Å². The zero-order valence-electron chi connectivity index (χ0n) is 12.1. The number of hydrogen-bond donors (Lipinski definition) is 2. The molecule has 2 aliphatic rings. The molecule has 0 aromatic carbocycles. The van der Waals surface area contributed by atoms with E-state index in [1.54, 1.807) is 25.2 Å². The Bertz CT molecular complexity index is 515. The average Bonchev–Trinajstić information content (AvgIpc) is 2.82. The number of allylic oxidation sites excluding steroid dienone is 1. The highest BCUT2D eigenvalue weighted by atomic mass is 16.7. The maximum atomic E-state index is 10.8. The quantitative estimate of drug-likeness (QED) is 0.560. The number of aliphatic hydroxyl groups excluding tert-OH is 1. The zero-order chi connectivity index (χ0) is 14.8. The Balaban J connectivity index is 2.34. The second-order valence-electron chi connectivity index (χ2n) is 5.10. The van der Waals surface area contributed by atoms with Gasteiger partial charge in [0.25, 0.3) is 0 Å². The molecule has 1 saturated heterocycles. The normalized spacial score (nSPS) is 23.9. The molecular formula is C16H20O4. The van der Waals surface area contributed by atoms with E-state index < -0.39 is 11.4 Å². The summed E-state index contributed by atoms with van der Waals surface area (Å²) in [5.74, 6) is 4.89. The lowest BCUT2D eigenvalue weighted by molar-refractivity contribution is -0.0799. The first-order valence-corrected chi connectivity index (χ1v) is 6.63. The third-order valence-corrected chi connectivity index (χ3v) is 3.55. The van der Waals surface area contributed by atoms with Crippen molar-refractivity contribution in [1.29, 1.82) is 0 Å². The Labute approximate surface area is 119 Å². The minimum Gasteiger partial charge on any atom is -0.392 e. The van der Waals surface area contributed by atoms with E-state index in [1.807, 2.05) is 13.8 Å². The molecule has 0 unspecified atom stereocenters. The summed E-state index contributed by atoms with van der Waals surface area (Å²) in [6.45, 7) is 6.42. The first-order chi connectivity index (χ1) is 9.42. The van der Waals surface area contributed by atoms with Crippen LogP contribution in [0.1, 0.15) is 20.8 Å². The smallest absolute Gasteiger partial charge is 0.208 e. The predicted molar refractivity (Wildman–Crippen MR) is 75.7 cm³/mol. The van der Waals surface area contributed by atoms with Crippen LogP contribution in [0, 0.1) is 11.8 Å². The van der Waals surface area contributed by atoms with Crippen LogP contribution in [-0.4, -0.2) is 41.4 Å². The Hall–Kier alpha value is -1.38. The molecule has 0 aromatic rings. The topological polar surface area (TPSA) is 58.9 Å². The standard InChI is InChI=1S/C16H20O4/c1-12(5-7-17)4-6-16(18)13(2)10-15(11-14(16)3)19-8-9-20-15/h5,10-11,17-18H,7-9H2,1-3H3/b12-5-. The fourth-order valence-electron chi connectivity index (χ4n) is 2.35. The molecule has 1 spiro atoms. The molecule has 2 rings (SSSR count). The van der Waals surface area contributed by atoms with E-state index in [4.69, 9.17) is 14.6 Å². The largest absolute Gasteiger partial charge is 0.392 e. The van der Waals surface area contributed by atoms with Crippen molar-refractivity contribution in [3.8, 4) is 11.8 Å². The Morgan fingerprint density at radius 2 is 1.85 bits per heavy atom. The van der Waals surface area contributed by atoms with E-state index in [0.29, 0.717) is 24.4 Å². The molecule has 0 bridgehead atoms. The molecule has 4 nitrogen and oxygen atoms in total. The highest BCUT2D eigenvalue weighted by Gasteiger charge is 2.42. The fraction of sp³-hybridized carbons (Fsp3) is 0.500. The van der Waals surface area contributed by atoms with Crippen LogP contribution < -0.4 is 0 Å². The summed E-state index contributed by atoms with van der Waals surface area (Å²) in [6.07, 6.45) is 5.14. The second kappa shape index (κ2) is 5.55. The van der Waals surface area contributed by atoms with Gasteiger partial charge >= 0.3 is 0 Å². The molecule has 1 aliphatic carbocycles. The van der Waals surface area contributed by atoms with Crippen molar-refractivity contribution in [3.63, 3.8) is 0 Å². The van der Waals surface area contributed by atoms with Crippen molar-refractivity contribution in [2.45, 2.75) is 32.2 Å². The molecule has 1 aliphatic heterocycles. The summed E-state index contributed by atoms with van der Waals surface area (Å²) in [7, 11) is 0. The third-order valence-electron chi connectivity index (χ3n) is 3.55. The van der Waals surface area contributed by atoms with Crippen molar-refractivity contribution in [2.24, 2.45) is 0 Å². The molecule has 20 heavy (non-hydrogen) atoms. The van der Waals surface area contributed by atoms with Gasteiger partial charge in [0.05, 0.1) is 19.8 Å². The SMILES string of the molecule is CC1=CC2(C=C(C)C1(O)C#C/C(C)=C\CO)OCCO2. The zero-order valence-corrected chi connectivity index (χ0v) is 12.1. The van der Waals surface area contributed by atoms with Gasteiger partial charge in [-0.3, -0.25) is 0 Å². The summed E-state index contributed by atoms with van der Waals surface area (Å²) >= 11 is 0. The van der Waals surface area contributed by atoms with Gasteiger partial charge in [-0.2, -0.15) is 0 Å². The summed E-state index contributed by atoms with van der Waals surface area (Å²) in [6, 6.07) is 0. The molecule has 0 atom stereocenters. The van der Waals surface area contributed by atoms with E-state index >= 15 is 0 Å². The van der Waals surface area contributed by atoms with Crippen LogP contribution in [-0.2, 0) is 9.47 Å². The Morgan fingerprint density at radius 3 is 2.35 bits per heavy atom. The summed E-state index contributed by atoms with van der Waals surface area (Å²) in [5.41, 5.74) is 0.771. The lowest BCUT2D eigenvalue weighted by Gasteiger charge is -2.34. The molecule has 108 valence electrons. The molecule has 1 heterocycles. The van der Waals surface area contributed by atoms with E-state index in [1.165, 1.54) is 0 Å². The van der Waals surface area contributed by atoms with E-state index in [0.717, 1.165) is 5.57 Å². The molecule has 4 heteroatoms. The monoisotopic (exact) mass is 276 g/mol. The van der Waals surface area contributed by atoms with Crippen LogP contribution in [0.3, 0.4) is 0 Å². The first kappa shape index (κ1) is 15.0. The van der Waals surface area contributed by atoms with Crippen molar-refractivity contribution in [1.82, 2.24) is 0 Å². The average molecular weight is 276 g/mol. The van der Waals surface area contributed by atoms with Gasteiger partial charge in [-0.25, -0.2) is 0 Å². The van der Waals surface area contributed by atoms with Crippen molar-refractivity contribution in [3.05, 3.63) is 34.9 Å². The molecular weight excluding hydrogens is 256 g/mol. The highest BCUT2D eigenvalue weighted by molar-refractivity contribution is 5.49. The summed E-state index contributed by atoms with van der Waals surface area (Å²) in [5, 5.41) is 19.6. The van der Waals surface area contributed by atoms with E-state index in [-0.39, 0.29) is 6.61 Å². The van der Waals surface area contributed by atoms with Crippen molar-refractivity contribution in [2.75, 3.05) is 19.8 Å². The van der Waals surface area contributed by atoms with Gasteiger partial charge in [-0.1, -0.05) is 11.8 Å². The van der Waals surface area contributed by atoms with E-state index in [9.17, 15) is 5.11 Å². The number of aliphatic hydroxyl groups is 2. The van der Waals surface area contributed by atoms with Crippen LogP contribution in [0.15, 0.2) is 34.9 Å². The fourth-order valence-corrected chi connectivity index (χ4v) is 2.35. The maximum absolute atomic E-state index is 10.8. The van der Waals surface area contributed by atoms with Gasteiger partial charge in [0.2, 0.25) is 5.79 Å². The van der Waals surface area contributed by atoms with Crippen LogP contribution in [0.5, 0.6) is 0 Å². The second-order valence-corrected chi connectivity index (χ2v) is 5.10. The van der Waals surface area contributed by atoms with Crippen molar-refractivity contribution >= 4 is 0 Å². The van der Waals surface area contributed by atoms with Gasteiger partial charge in [0, 0.05) is 0 Å². The molecule has 0 aromatic heterocycles. The van der Waals surface area contributed by atoms with Crippen LogP contribution in [0.2, 0.25) is 0 Å². The lowest BCUT2D eigenvalue weighted by Crippen LogP contribution is -2.39. The summed E-state index contributed by atoms with van der Waals surface area (Å²) < 4.78 is 11.2. The molecule has 1 fully saturated rings. The van der Waals surface area contributed by atoms with Gasteiger partial charge < -0.3 is 19.7 Å². The van der Waals surface area contributed by atoms with Crippen LogP contribution in [0.4, 0.5) is 0 Å².